The topological polar surface area (TPSA) is 21.7 Å². The monoisotopic (exact) mass is 215 g/mol. The molecule has 90 valence electrons. The molecule has 0 spiro atoms. The lowest BCUT2D eigenvalue weighted by molar-refractivity contribution is -0.318. The highest BCUT2D eigenvalue weighted by Gasteiger charge is 2.39. The van der Waals surface area contributed by atoms with E-state index < -0.39 is 5.91 Å². The number of rotatable bonds is 6. The van der Waals surface area contributed by atoms with Crippen molar-refractivity contribution in [1.82, 2.24) is 4.90 Å². The number of hydrogen-bond acceptors (Lipinski definition) is 3. The fraction of sp³-hybridized carbons (Fsp3) is 1.00. The summed E-state index contributed by atoms with van der Waals surface area (Å²) in [5, 5.41) is 0. The predicted molar refractivity (Wildman–Crippen MR) is 61.7 cm³/mol. The van der Waals surface area contributed by atoms with Gasteiger partial charge in [0.2, 0.25) is 5.91 Å². The van der Waals surface area contributed by atoms with Crippen LogP contribution in [0.4, 0.5) is 0 Å². The van der Waals surface area contributed by atoms with Crippen molar-refractivity contribution in [3.8, 4) is 0 Å². The van der Waals surface area contributed by atoms with E-state index in [1.54, 1.807) is 7.11 Å². The molecule has 1 atom stereocenters. The Morgan fingerprint density at radius 2 is 2.07 bits per heavy atom. The summed E-state index contributed by atoms with van der Waals surface area (Å²) in [7, 11) is 1.76. The number of methoxy groups -OCH3 is 1. The Kier molecular flexibility index (Phi) is 5.58. The molecule has 1 heterocycles. The average molecular weight is 215 g/mol. The van der Waals surface area contributed by atoms with Gasteiger partial charge in [-0.25, -0.2) is 0 Å². The van der Waals surface area contributed by atoms with Crippen LogP contribution in [0.15, 0.2) is 0 Å². The fourth-order valence-electron chi connectivity index (χ4n) is 2.29. The Hall–Kier alpha value is -0.120. The van der Waals surface area contributed by atoms with Crippen molar-refractivity contribution < 1.29 is 9.47 Å². The molecule has 0 radical (unpaired) electrons. The van der Waals surface area contributed by atoms with Crippen LogP contribution in [-0.2, 0) is 9.47 Å². The van der Waals surface area contributed by atoms with Gasteiger partial charge in [-0.3, -0.25) is 4.90 Å². The molecule has 1 aliphatic rings. The Morgan fingerprint density at radius 3 is 2.67 bits per heavy atom. The van der Waals surface area contributed by atoms with Crippen molar-refractivity contribution in [3.63, 3.8) is 0 Å². The molecule has 0 amide bonds. The first kappa shape index (κ1) is 12.9. The van der Waals surface area contributed by atoms with Gasteiger partial charge in [-0.2, -0.15) is 0 Å². The van der Waals surface area contributed by atoms with Crippen molar-refractivity contribution in [2.24, 2.45) is 0 Å². The van der Waals surface area contributed by atoms with E-state index in [1.165, 1.54) is 25.7 Å². The van der Waals surface area contributed by atoms with Crippen LogP contribution in [0.1, 0.15) is 46.0 Å². The number of unbranched alkanes of at least 4 members (excludes halogenated alkanes) is 1. The van der Waals surface area contributed by atoms with E-state index in [9.17, 15) is 0 Å². The Balaban J connectivity index is 2.60. The molecular weight excluding hydrogens is 190 g/mol. The summed E-state index contributed by atoms with van der Waals surface area (Å²) < 4.78 is 11.5. The first-order valence-corrected chi connectivity index (χ1v) is 6.23. The largest absolute Gasteiger partial charge is 0.341 e. The second-order valence-corrected chi connectivity index (χ2v) is 4.15. The smallest absolute Gasteiger partial charge is 0.229 e. The van der Waals surface area contributed by atoms with Crippen molar-refractivity contribution in [3.05, 3.63) is 0 Å². The summed E-state index contributed by atoms with van der Waals surface area (Å²) in [6.07, 6.45) is 5.92. The zero-order chi connectivity index (χ0) is 11.1. The molecule has 0 aromatic carbocycles. The third-order valence-electron chi connectivity index (χ3n) is 3.12. The van der Waals surface area contributed by atoms with Gasteiger partial charge in [0.25, 0.3) is 0 Å². The van der Waals surface area contributed by atoms with Crippen LogP contribution in [-0.4, -0.2) is 37.6 Å². The second-order valence-electron chi connectivity index (χ2n) is 4.15. The zero-order valence-corrected chi connectivity index (χ0v) is 10.4. The molecule has 0 saturated carbocycles. The lowest BCUT2D eigenvalue weighted by Gasteiger charge is -2.45. The molecule has 15 heavy (non-hydrogen) atoms. The van der Waals surface area contributed by atoms with Crippen LogP contribution >= 0.6 is 0 Å². The fourth-order valence-corrected chi connectivity index (χ4v) is 2.29. The zero-order valence-electron chi connectivity index (χ0n) is 10.4. The lowest BCUT2D eigenvalue weighted by atomic mass is 10.1. The Bertz CT molecular complexity index is 171. The van der Waals surface area contributed by atoms with Crippen LogP contribution in [0, 0.1) is 0 Å². The van der Waals surface area contributed by atoms with E-state index in [4.69, 9.17) is 9.47 Å². The van der Waals surface area contributed by atoms with Gasteiger partial charge < -0.3 is 9.47 Å². The first-order valence-electron chi connectivity index (χ1n) is 6.23. The van der Waals surface area contributed by atoms with E-state index in [0.29, 0.717) is 0 Å². The summed E-state index contributed by atoms with van der Waals surface area (Å²) >= 11 is 0. The second kappa shape index (κ2) is 6.46. The minimum absolute atomic E-state index is 0.428. The maximum absolute atomic E-state index is 5.83. The summed E-state index contributed by atoms with van der Waals surface area (Å²) in [5.41, 5.74) is 0. The summed E-state index contributed by atoms with van der Waals surface area (Å²) in [5.74, 6) is -0.428. The number of ether oxygens (including phenoxy) is 2. The van der Waals surface area contributed by atoms with Crippen molar-refractivity contribution in [2.45, 2.75) is 51.9 Å². The summed E-state index contributed by atoms with van der Waals surface area (Å²) in [4.78, 5) is 2.36. The molecule has 1 fully saturated rings. The number of piperidine rings is 1. The van der Waals surface area contributed by atoms with Crippen LogP contribution < -0.4 is 0 Å². The molecular formula is C12H25NO2. The Morgan fingerprint density at radius 1 is 1.27 bits per heavy atom. The molecule has 1 rings (SSSR count). The molecule has 1 saturated heterocycles. The highest BCUT2D eigenvalue weighted by atomic mass is 16.7. The molecule has 0 N–H and O–H groups in total. The Labute approximate surface area is 93.7 Å². The number of likely N-dealkylation sites (tertiary alicyclic amines) is 1. The van der Waals surface area contributed by atoms with Gasteiger partial charge in [-0.15, -0.1) is 0 Å². The maximum atomic E-state index is 5.83. The lowest BCUT2D eigenvalue weighted by Crippen LogP contribution is -2.55. The standard InChI is InChI=1S/C12H25NO2/c1-4-6-10-13-11-8-7-9-12(13,14-3)15-5-2/h4-11H2,1-3H3. The highest BCUT2D eigenvalue weighted by Crippen LogP contribution is 2.30. The van der Waals surface area contributed by atoms with E-state index in [1.807, 2.05) is 6.92 Å². The third kappa shape index (κ3) is 3.16. The predicted octanol–water partition coefficient (Wildman–Crippen LogP) is 2.61. The SMILES string of the molecule is CCCCN1CCCCC1(OC)OCC. The number of nitrogens with zero attached hydrogens (tertiary/aromatic N) is 1. The number of hydrogen-bond donors (Lipinski definition) is 0. The van der Waals surface area contributed by atoms with Crippen LogP contribution in [0.3, 0.4) is 0 Å². The minimum atomic E-state index is -0.428. The molecule has 0 aromatic heterocycles. The molecule has 0 aliphatic carbocycles. The molecule has 0 aromatic rings. The van der Waals surface area contributed by atoms with E-state index >= 15 is 0 Å². The maximum Gasteiger partial charge on any atom is 0.229 e. The van der Waals surface area contributed by atoms with Crippen LogP contribution in [0.25, 0.3) is 0 Å². The minimum Gasteiger partial charge on any atom is -0.341 e. The van der Waals surface area contributed by atoms with Gasteiger partial charge >= 0.3 is 0 Å². The van der Waals surface area contributed by atoms with Crippen molar-refractivity contribution >= 4 is 0 Å². The molecule has 3 heteroatoms. The van der Waals surface area contributed by atoms with Crippen LogP contribution in [0.5, 0.6) is 0 Å². The molecule has 0 bridgehead atoms. The van der Waals surface area contributed by atoms with Crippen molar-refractivity contribution in [1.29, 1.82) is 0 Å². The van der Waals surface area contributed by atoms with Gasteiger partial charge in [0.05, 0.1) is 0 Å². The van der Waals surface area contributed by atoms with E-state index in [0.717, 1.165) is 26.1 Å². The molecule has 1 aliphatic heterocycles. The van der Waals surface area contributed by atoms with Gasteiger partial charge in [0, 0.05) is 33.2 Å². The van der Waals surface area contributed by atoms with Gasteiger partial charge in [0.15, 0.2) is 0 Å². The highest BCUT2D eigenvalue weighted by molar-refractivity contribution is 4.77. The summed E-state index contributed by atoms with van der Waals surface area (Å²) in [6.45, 7) is 7.17. The normalized spacial score (nSPS) is 28.2. The first-order chi connectivity index (χ1) is 7.29. The van der Waals surface area contributed by atoms with E-state index in [-0.39, 0.29) is 0 Å². The quantitative estimate of drug-likeness (QED) is 0.636. The molecule has 1 unspecified atom stereocenters. The van der Waals surface area contributed by atoms with Gasteiger partial charge in [0.1, 0.15) is 0 Å². The average Bonchev–Trinajstić information content (AvgIpc) is 2.28. The van der Waals surface area contributed by atoms with Gasteiger partial charge in [-0.05, 0) is 26.2 Å². The van der Waals surface area contributed by atoms with Crippen LogP contribution in [0.2, 0.25) is 0 Å². The van der Waals surface area contributed by atoms with Gasteiger partial charge in [-0.1, -0.05) is 13.3 Å². The molecule has 3 nitrogen and oxygen atoms in total. The van der Waals surface area contributed by atoms with E-state index in [2.05, 4.69) is 11.8 Å². The van der Waals surface area contributed by atoms with Crippen molar-refractivity contribution in [2.75, 3.05) is 26.8 Å². The summed E-state index contributed by atoms with van der Waals surface area (Å²) in [6, 6.07) is 0. The third-order valence-corrected chi connectivity index (χ3v) is 3.12.